The molecule has 6 nitrogen and oxygen atoms in total. The maximum absolute atomic E-state index is 8.50. The second-order valence-corrected chi connectivity index (χ2v) is 2.70. The lowest BCUT2D eigenvalue weighted by molar-refractivity contribution is 0.293. The van der Waals surface area contributed by atoms with Crippen LogP contribution in [0.1, 0.15) is 0 Å². The Kier molecular flexibility index (Phi) is 4.66. The third-order valence-electron chi connectivity index (χ3n) is 1.57. The van der Waals surface area contributed by atoms with Crippen molar-refractivity contribution in [1.29, 1.82) is 0 Å². The fraction of sp³-hybridized carbons (Fsp3) is 0.500. The van der Waals surface area contributed by atoms with Gasteiger partial charge in [-0.2, -0.15) is 4.98 Å². The van der Waals surface area contributed by atoms with E-state index in [1.807, 2.05) is 0 Å². The van der Waals surface area contributed by atoms with Gasteiger partial charge >= 0.3 is 0 Å². The number of aromatic nitrogens is 2. The van der Waals surface area contributed by atoms with Gasteiger partial charge in [0.15, 0.2) is 0 Å². The van der Waals surface area contributed by atoms with Gasteiger partial charge in [0.1, 0.15) is 5.82 Å². The molecule has 0 bridgehead atoms. The van der Waals surface area contributed by atoms with E-state index in [1.54, 1.807) is 12.3 Å². The van der Waals surface area contributed by atoms with Crippen molar-refractivity contribution in [3.63, 3.8) is 0 Å². The second-order valence-electron chi connectivity index (χ2n) is 2.70. The third kappa shape index (κ3) is 4.01. The highest BCUT2D eigenvalue weighted by Gasteiger charge is 1.93. The number of rotatable bonds is 6. The van der Waals surface area contributed by atoms with Gasteiger partial charge in [-0.05, 0) is 6.07 Å². The van der Waals surface area contributed by atoms with Crippen LogP contribution in [0.25, 0.3) is 0 Å². The first kappa shape index (κ1) is 10.7. The summed E-state index contributed by atoms with van der Waals surface area (Å²) in [7, 11) is 0. The van der Waals surface area contributed by atoms with Gasteiger partial charge in [-0.25, -0.2) is 4.98 Å². The summed E-state index contributed by atoms with van der Waals surface area (Å²) in [6.45, 7) is 2.26. The van der Waals surface area contributed by atoms with E-state index in [1.165, 1.54) is 0 Å². The number of nitrogens with two attached hydrogens (primary N) is 1. The monoisotopic (exact) mass is 197 g/mol. The Bertz CT molecular complexity index is 268. The lowest BCUT2D eigenvalue weighted by Crippen LogP contribution is -2.25. The Morgan fingerprint density at radius 3 is 2.93 bits per heavy atom. The van der Waals surface area contributed by atoms with Gasteiger partial charge in [-0.1, -0.05) is 0 Å². The fourth-order valence-electron chi connectivity index (χ4n) is 0.955. The Balaban J connectivity index is 2.18. The van der Waals surface area contributed by atoms with Crippen LogP contribution in [0.15, 0.2) is 12.3 Å². The summed E-state index contributed by atoms with van der Waals surface area (Å²) < 4.78 is 0. The Morgan fingerprint density at radius 1 is 1.36 bits per heavy atom. The van der Waals surface area contributed by atoms with Crippen LogP contribution in [0.5, 0.6) is 0 Å². The van der Waals surface area contributed by atoms with Crippen molar-refractivity contribution in [2.45, 2.75) is 0 Å². The van der Waals surface area contributed by atoms with Crippen molar-refractivity contribution >= 4 is 11.8 Å². The van der Waals surface area contributed by atoms with E-state index in [0.29, 0.717) is 12.4 Å². The molecule has 1 aromatic rings. The molecule has 1 aromatic heterocycles. The van der Waals surface area contributed by atoms with Gasteiger partial charge in [-0.15, -0.1) is 0 Å². The van der Waals surface area contributed by atoms with Gasteiger partial charge < -0.3 is 21.5 Å². The number of aliphatic hydroxyl groups is 1. The minimum Gasteiger partial charge on any atom is -0.395 e. The second kappa shape index (κ2) is 6.11. The normalized spacial score (nSPS) is 10.1. The molecular weight excluding hydrogens is 182 g/mol. The number of anilines is 2. The van der Waals surface area contributed by atoms with Crippen molar-refractivity contribution < 1.29 is 5.11 Å². The van der Waals surface area contributed by atoms with Crippen molar-refractivity contribution in [3.05, 3.63) is 12.3 Å². The molecule has 0 fully saturated rings. The molecule has 0 aliphatic heterocycles. The molecular formula is C8H15N5O. The smallest absolute Gasteiger partial charge is 0.221 e. The highest BCUT2D eigenvalue weighted by atomic mass is 16.3. The summed E-state index contributed by atoms with van der Waals surface area (Å²) in [6, 6.07) is 1.75. The van der Waals surface area contributed by atoms with Crippen LogP contribution < -0.4 is 16.4 Å². The molecule has 0 aliphatic carbocycles. The van der Waals surface area contributed by atoms with E-state index in [-0.39, 0.29) is 12.6 Å². The summed E-state index contributed by atoms with van der Waals surface area (Å²) in [6.07, 6.45) is 1.60. The highest BCUT2D eigenvalue weighted by Crippen LogP contribution is 2.00. The zero-order valence-corrected chi connectivity index (χ0v) is 7.90. The maximum Gasteiger partial charge on any atom is 0.221 e. The summed E-state index contributed by atoms with van der Waals surface area (Å²) in [5, 5.41) is 14.6. The molecule has 0 saturated carbocycles. The molecule has 0 atom stereocenters. The third-order valence-corrected chi connectivity index (χ3v) is 1.57. The van der Waals surface area contributed by atoms with Crippen molar-refractivity contribution in [2.75, 3.05) is 37.3 Å². The van der Waals surface area contributed by atoms with Crippen molar-refractivity contribution in [3.8, 4) is 0 Å². The van der Waals surface area contributed by atoms with E-state index in [4.69, 9.17) is 10.8 Å². The summed E-state index contributed by atoms with van der Waals surface area (Å²) in [5.41, 5.74) is 5.40. The van der Waals surface area contributed by atoms with E-state index >= 15 is 0 Å². The van der Waals surface area contributed by atoms with E-state index in [2.05, 4.69) is 20.6 Å². The van der Waals surface area contributed by atoms with Crippen LogP contribution in [0.4, 0.5) is 11.8 Å². The lowest BCUT2D eigenvalue weighted by Gasteiger charge is -2.05. The van der Waals surface area contributed by atoms with Crippen LogP contribution in [0, 0.1) is 0 Å². The topological polar surface area (TPSA) is 96.1 Å². The van der Waals surface area contributed by atoms with Crippen molar-refractivity contribution in [2.24, 2.45) is 0 Å². The molecule has 1 heterocycles. The molecule has 0 aromatic carbocycles. The average Bonchev–Trinajstić information content (AvgIpc) is 2.18. The van der Waals surface area contributed by atoms with E-state index < -0.39 is 0 Å². The molecule has 0 spiro atoms. The number of hydrogen-bond donors (Lipinski definition) is 4. The molecule has 14 heavy (non-hydrogen) atoms. The quantitative estimate of drug-likeness (QED) is 0.439. The largest absolute Gasteiger partial charge is 0.395 e. The molecule has 0 aliphatic rings. The van der Waals surface area contributed by atoms with Gasteiger partial charge in [0.2, 0.25) is 5.95 Å². The molecule has 0 radical (unpaired) electrons. The Hall–Kier alpha value is -1.40. The van der Waals surface area contributed by atoms with Crippen LogP contribution in [-0.2, 0) is 0 Å². The first-order valence-corrected chi connectivity index (χ1v) is 4.47. The number of aliphatic hydroxyl groups excluding tert-OH is 1. The molecule has 0 unspecified atom stereocenters. The molecule has 1 rings (SSSR count). The Morgan fingerprint density at radius 2 is 2.21 bits per heavy atom. The number of nitrogen functional groups attached to an aromatic ring is 1. The van der Waals surface area contributed by atoms with Gasteiger partial charge in [0.05, 0.1) is 6.61 Å². The summed E-state index contributed by atoms with van der Waals surface area (Å²) >= 11 is 0. The summed E-state index contributed by atoms with van der Waals surface area (Å²) in [4.78, 5) is 7.74. The summed E-state index contributed by atoms with van der Waals surface area (Å²) in [5.74, 6) is 0.974. The minimum atomic E-state index is 0.153. The highest BCUT2D eigenvalue weighted by molar-refractivity contribution is 5.37. The van der Waals surface area contributed by atoms with Crippen LogP contribution >= 0.6 is 0 Å². The SMILES string of the molecule is Nc1nccc(NCCNCCO)n1. The van der Waals surface area contributed by atoms with Crippen LogP contribution in [0.3, 0.4) is 0 Å². The average molecular weight is 197 g/mol. The minimum absolute atomic E-state index is 0.153. The zero-order chi connectivity index (χ0) is 10.2. The molecule has 0 amide bonds. The van der Waals surface area contributed by atoms with E-state index in [0.717, 1.165) is 13.1 Å². The molecule has 5 N–H and O–H groups in total. The van der Waals surface area contributed by atoms with Crippen LogP contribution in [0.2, 0.25) is 0 Å². The molecule has 78 valence electrons. The number of nitrogens with one attached hydrogen (secondary N) is 2. The first-order valence-electron chi connectivity index (χ1n) is 4.47. The van der Waals surface area contributed by atoms with Gasteiger partial charge in [0, 0.05) is 25.8 Å². The van der Waals surface area contributed by atoms with Gasteiger partial charge in [0.25, 0.3) is 0 Å². The maximum atomic E-state index is 8.50. The number of hydrogen-bond acceptors (Lipinski definition) is 6. The Labute approximate surface area is 82.6 Å². The predicted octanol–water partition coefficient (Wildman–Crippen LogP) is -0.947. The van der Waals surface area contributed by atoms with E-state index in [9.17, 15) is 0 Å². The lowest BCUT2D eigenvalue weighted by atomic mass is 10.5. The molecule has 0 saturated heterocycles. The van der Waals surface area contributed by atoms with Gasteiger partial charge in [-0.3, -0.25) is 0 Å². The van der Waals surface area contributed by atoms with Crippen LogP contribution in [-0.4, -0.2) is 41.3 Å². The zero-order valence-electron chi connectivity index (χ0n) is 7.90. The first-order chi connectivity index (χ1) is 6.83. The standard InChI is InChI=1S/C8H15N5O/c9-8-12-2-1-7(13-8)11-4-3-10-5-6-14/h1-2,10,14H,3-6H2,(H3,9,11,12,13). The molecule has 6 heteroatoms. The predicted molar refractivity (Wildman–Crippen MR) is 54.9 cm³/mol. The number of nitrogens with zero attached hydrogens (tertiary/aromatic N) is 2. The fourth-order valence-corrected chi connectivity index (χ4v) is 0.955. The van der Waals surface area contributed by atoms with Crippen molar-refractivity contribution in [1.82, 2.24) is 15.3 Å².